The predicted octanol–water partition coefficient (Wildman–Crippen LogP) is 1.66. The van der Waals surface area contributed by atoms with Crippen molar-refractivity contribution in [3.63, 3.8) is 0 Å². The Balaban J connectivity index is 1.57. The van der Waals surface area contributed by atoms with Gasteiger partial charge in [0.1, 0.15) is 48.8 Å². The van der Waals surface area contributed by atoms with E-state index in [9.17, 15) is 70.3 Å². The molecule has 98 heavy (non-hydrogen) atoms. The van der Waals surface area contributed by atoms with Gasteiger partial charge >= 0.3 is 26.9 Å². The molecule has 3 aliphatic heterocycles. The summed E-state index contributed by atoms with van der Waals surface area (Å²) >= 11 is 20.6. The maximum atomic E-state index is 11.8. The minimum atomic E-state index is -3.69. The van der Waals surface area contributed by atoms with Gasteiger partial charge in [0, 0.05) is 72.1 Å². The van der Waals surface area contributed by atoms with Crippen LogP contribution in [0.3, 0.4) is 0 Å². The number of nitrogens with one attached hydrogen (secondary N) is 1. The number of carbonyl (C=O) groups excluding carboxylic acids is 1. The molecule has 0 aliphatic carbocycles. The van der Waals surface area contributed by atoms with Crippen molar-refractivity contribution in [3.05, 3.63) is 0 Å². The van der Waals surface area contributed by atoms with Gasteiger partial charge < -0.3 is 154 Å². The molecule has 1 amide bonds. The number of ether oxygens (including phenoxy) is 10. The second-order valence-corrected chi connectivity index (χ2v) is 35.5. The Morgan fingerprint density at radius 2 is 0.653 bits per heavy atom. The normalized spacial score (nSPS) is 29.3. The Morgan fingerprint density at radius 1 is 0.388 bits per heavy atom. The van der Waals surface area contributed by atoms with E-state index in [1.165, 1.54) is 14.0 Å². The van der Waals surface area contributed by atoms with Gasteiger partial charge in [-0.1, -0.05) is 39.5 Å². The average Bonchev–Trinajstić information content (AvgIpc) is 0.827. The lowest BCUT2D eigenvalue weighted by atomic mass is 9.92. The van der Waals surface area contributed by atoms with Crippen LogP contribution in [0.25, 0.3) is 0 Å². The molecule has 20 atom stereocenters. The molecule has 3 saturated heterocycles. The number of hydrogen-bond donors (Lipinski definition) is 14. The summed E-state index contributed by atoms with van der Waals surface area (Å²) < 4.78 is 102. The topological polar surface area (TPSA) is 458 Å². The van der Waals surface area contributed by atoms with E-state index in [0.29, 0.717) is 71.0 Å². The summed E-state index contributed by atoms with van der Waals surface area (Å²) in [5.74, 6) is -1.58. The van der Waals surface area contributed by atoms with Crippen LogP contribution in [0.4, 0.5) is 0 Å². The third kappa shape index (κ3) is 38.1. The van der Waals surface area contributed by atoms with Crippen LogP contribution in [0.5, 0.6) is 0 Å². The van der Waals surface area contributed by atoms with E-state index in [1.807, 2.05) is 0 Å². The van der Waals surface area contributed by atoms with E-state index in [4.69, 9.17) is 131 Å². The minimum absolute atomic E-state index is 0.00346. The SMILES string of the molecule is COP(O)(=S)OCCCCCCCCOCC(COCCCOP(O)(=S)OCCCCO[C@@H]1OC(CO)[C@H](O)[C@H](O)C1C)(COCCCOP(O)(=S)OCCCCO[C@@H]1OC(CO)[C@H](O)[C@H](O)C1NC(C)=O)COCCCOP(O)(=S)OCCCCO[C@@H]1OC(CO)[C@H](O)C(O)[C@@H]1C. The third-order valence-electron chi connectivity index (χ3n) is 15.7. The van der Waals surface area contributed by atoms with Gasteiger partial charge in [0.25, 0.3) is 0 Å². The van der Waals surface area contributed by atoms with E-state index in [-0.39, 0.29) is 112 Å². The second-order valence-electron chi connectivity index (χ2n) is 24.1. The van der Waals surface area contributed by atoms with Gasteiger partial charge in [-0.15, -0.1) is 0 Å². The molecule has 41 heteroatoms. The standard InChI is InChI=1S/C57H113NO32P4S4/c1-41-48(63)50(65)44(34-59)88-54(41)78-24-11-14-28-82-92(70,96)85-31-17-21-75-38-57(37-74-20-9-7-5-6-8-10-27-81-91(69,95)73-4,39-76-22-18-32-86-93(71,97)83-29-15-12-25-79-55-42(2)49(64)51(66)45(35-60)89-55)40-77-23-19-33-87-94(72,98)84-30-16-13-26-80-56-47(58-43(3)62)53(68)52(67)46(36-61)90-56/h41-42,44-56,59-61,63-68H,5-40H2,1-4H3,(H,58,62)(H,69,95)(H,70,96)(H,71,97)(H,72,98)/t41-,42?,44?,45?,46?,47?,48?,49+,50-,51-,52-,53+,54+,55+,56+,57?,91?,92?,93?,94?/m0/s1. The van der Waals surface area contributed by atoms with Crippen LogP contribution in [-0.2, 0) is 136 Å². The fraction of sp³-hybridized carbons (Fsp3) is 0.982. The van der Waals surface area contributed by atoms with Gasteiger partial charge in [0.15, 0.2) is 18.9 Å². The van der Waals surface area contributed by atoms with Crippen LogP contribution >= 0.6 is 26.9 Å². The summed E-state index contributed by atoms with van der Waals surface area (Å²) in [6.45, 7) is -9.16. The van der Waals surface area contributed by atoms with Crippen molar-refractivity contribution in [2.45, 2.75) is 197 Å². The zero-order valence-electron chi connectivity index (χ0n) is 56.6. The Labute approximate surface area is 596 Å². The number of hydrogen-bond acceptors (Lipinski definition) is 32. The van der Waals surface area contributed by atoms with Gasteiger partial charge in [-0.25, -0.2) is 0 Å². The van der Waals surface area contributed by atoms with Crippen LogP contribution in [0.1, 0.15) is 117 Å². The third-order valence-corrected chi connectivity index (χ3v) is 22.4. The van der Waals surface area contributed by atoms with E-state index in [0.717, 1.165) is 32.1 Å². The summed E-state index contributed by atoms with van der Waals surface area (Å²) in [7, 11) is 1.31. The zero-order chi connectivity index (χ0) is 72.6. The van der Waals surface area contributed by atoms with Gasteiger partial charge in [-0.3, -0.25) is 4.79 Å². The lowest BCUT2D eigenvalue weighted by Crippen LogP contribution is -2.64. The maximum Gasteiger partial charge on any atom is 0.324 e. The molecule has 0 aromatic heterocycles. The van der Waals surface area contributed by atoms with Crippen molar-refractivity contribution in [2.24, 2.45) is 17.3 Å². The first kappa shape index (κ1) is 93.0. The molecule has 0 spiro atoms. The molecular formula is C57H113NO32P4S4. The Hall–Kier alpha value is 0.830. The fourth-order valence-corrected chi connectivity index (χ4v) is 14.4. The minimum Gasteiger partial charge on any atom is -0.394 e. The first-order valence-electron chi connectivity index (χ1n) is 33.3. The number of aliphatic hydroxyl groups is 9. The summed E-state index contributed by atoms with van der Waals surface area (Å²) in [6.07, 6.45) is -5.14. The molecule has 11 unspecified atom stereocenters. The first-order valence-corrected chi connectivity index (χ1v) is 43.6. The number of carbonyl (C=O) groups is 1. The van der Waals surface area contributed by atoms with Crippen molar-refractivity contribution in [1.29, 1.82) is 0 Å². The predicted molar refractivity (Wildman–Crippen MR) is 367 cm³/mol. The second kappa shape index (κ2) is 51.2. The first-order chi connectivity index (χ1) is 46.6. The molecule has 3 heterocycles. The lowest BCUT2D eigenvalue weighted by molar-refractivity contribution is -0.282. The molecule has 14 N–H and O–H groups in total. The highest BCUT2D eigenvalue weighted by Gasteiger charge is 2.46. The summed E-state index contributed by atoms with van der Waals surface area (Å²) in [5.41, 5.74) is -0.920. The van der Waals surface area contributed by atoms with Crippen molar-refractivity contribution >= 4 is 80.0 Å². The van der Waals surface area contributed by atoms with Gasteiger partial charge in [-0.05, 0) is 118 Å². The maximum absolute atomic E-state index is 11.8. The molecule has 3 rings (SSSR count). The van der Waals surface area contributed by atoms with E-state index < -0.39 is 150 Å². The average molecular weight is 1580 g/mol. The van der Waals surface area contributed by atoms with Crippen molar-refractivity contribution < 1.29 is 154 Å². The summed E-state index contributed by atoms with van der Waals surface area (Å²) in [5, 5.41) is 92.8. The van der Waals surface area contributed by atoms with Crippen LogP contribution in [0.2, 0.25) is 0 Å². The molecule has 582 valence electrons. The molecule has 0 aromatic rings. The molecule has 0 saturated carbocycles. The zero-order valence-corrected chi connectivity index (χ0v) is 63.5. The lowest BCUT2D eigenvalue weighted by Gasteiger charge is -2.42. The molecular weight excluding hydrogens is 1460 g/mol. The Morgan fingerprint density at radius 3 is 0.990 bits per heavy atom. The van der Waals surface area contributed by atoms with E-state index in [1.54, 1.807) is 13.8 Å². The van der Waals surface area contributed by atoms with Crippen molar-refractivity contribution in [1.82, 2.24) is 5.32 Å². The van der Waals surface area contributed by atoms with Gasteiger partial charge in [-0.2, -0.15) is 0 Å². The Bertz CT molecular complexity index is 2230. The van der Waals surface area contributed by atoms with E-state index in [2.05, 4.69) is 5.32 Å². The van der Waals surface area contributed by atoms with Gasteiger partial charge in [0.05, 0.1) is 110 Å². The fourth-order valence-electron chi connectivity index (χ4n) is 9.97. The quantitative estimate of drug-likeness (QED) is 0.0304. The van der Waals surface area contributed by atoms with Crippen LogP contribution in [0, 0.1) is 17.3 Å². The molecule has 0 radical (unpaired) electrons. The highest BCUT2D eigenvalue weighted by atomic mass is 32.5. The summed E-state index contributed by atoms with van der Waals surface area (Å²) in [6, 6.07) is -1.10. The van der Waals surface area contributed by atoms with E-state index >= 15 is 0 Å². The monoisotopic (exact) mass is 1580 g/mol. The molecule has 0 bridgehead atoms. The Kier molecular flexibility index (Phi) is 48.6. The highest BCUT2D eigenvalue weighted by molar-refractivity contribution is 8.08. The smallest absolute Gasteiger partial charge is 0.324 e. The molecule has 3 fully saturated rings. The molecule has 33 nitrogen and oxygen atoms in total. The number of unbranched alkanes of at least 4 members (excludes halogenated alkanes) is 8. The van der Waals surface area contributed by atoms with Gasteiger partial charge in [0.2, 0.25) is 5.91 Å². The summed E-state index contributed by atoms with van der Waals surface area (Å²) in [4.78, 5) is 54.0. The molecule has 0 aromatic carbocycles. The van der Waals surface area contributed by atoms with Crippen molar-refractivity contribution in [2.75, 3.05) is 146 Å². The number of rotatable bonds is 59. The van der Waals surface area contributed by atoms with Crippen LogP contribution in [0.15, 0.2) is 0 Å². The van der Waals surface area contributed by atoms with Crippen LogP contribution < -0.4 is 5.32 Å². The largest absolute Gasteiger partial charge is 0.394 e. The number of aliphatic hydroxyl groups excluding tert-OH is 9. The van der Waals surface area contributed by atoms with Crippen LogP contribution in [-0.4, -0.2) is 297 Å². The van der Waals surface area contributed by atoms with Crippen molar-refractivity contribution in [3.8, 4) is 0 Å². The number of amides is 1. The molecule has 3 aliphatic rings. The highest BCUT2D eigenvalue weighted by Crippen LogP contribution is 2.46.